The first kappa shape index (κ1) is 18.9. The van der Waals surface area contributed by atoms with E-state index in [1.54, 1.807) is 19.1 Å². The maximum Gasteiger partial charge on any atom is 0.338 e. The minimum absolute atomic E-state index is 0.00617. The highest BCUT2D eigenvalue weighted by Gasteiger charge is 2.31. The van der Waals surface area contributed by atoms with Crippen LogP contribution >= 0.6 is 0 Å². The van der Waals surface area contributed by atoms with Crippen molar-refractivity contribution in [3.05, 3.63) is 59.7 Å². The first-order valence-electron chi connectivity index (χ1n) is 8.58. The second-order valence-corrected chi connectivity index (χ2v) is 7.88. The summed E-state index contributed by atoms with van der Waals surface area (Å²) >= 11 is 0. The van der Waals surface area contributed by atoms with Crippen LogP contribution in [0.15, 0.2) is 53.4 Å². The molecule has 0 atom stereocenters. The van der Waals surface area contributed by atoms with E-state index in [1.807, 2.05) is 12.1 Å². The first-order chi connectivity index (χ1) is 12.9. The van der Waals surface area contributed by atoms with Crippen molar-refractivity contribution in [3.8, 4) is 0 Å². The van der Waals surface area contributed by atoms with Crippen LogP contribution in [0.25, 0.3) is 0 Å². The zero-order valence-electron chi connectivity index (χ0n) is 14.8. The van der Waals surface area contributed by atoms with Crippen molar-refractivity contribution >= 4 is 27.6 Å². The lowest BCUT2D eigenvalue weighted by Gasteiger charge is -2.19. The van der Waals surface area contributed by atoms with Crippen LogP contribution in [0, 0.1) is 0 Å². The lowest BCUT2D eigenvalue weighted by atomic mass is 10.2. The van der Waals surface area contributed by atoms with Crippen LogP contribution in [-0.4, -0.2) is 40.0 Å². The van der Waals surface area contributed by atoms with Gasteiger partial charge in [-0.05, 0) is 43.2 Å². The van der Waals surface area contributed by atoms with Crippen molar-refractivity contribution in [1.29, 1.82) is 0 Å². The summed E-state index contributed by atoms with van der Waals surface area (Å²) in [7, 11) is -3.80. The molecule has 1 heterocycles. The molecule has 1 aliphatic rings. The minimum atomic E-state index is -3.80. The Morgan fingerprint density at radius 2 is 1.93 bits per heavy atom. The Balaban J connectivity index is 1.81. The van der Waals surface area contributed by atoms with E-state index in [2.05, 4.69) is 5.32 Å². The molecule has 0 bridgehead atoms. The molecule has 0 fully saturated rings. The lowest BCUT2D eigenvalue weighted by Crippen LogP contribution is -2.29. The van der Waals surface area contributed by atoms with Crippen molar-refractivity contribution in [2.75, 3.05) is 24.0 Å². The Morgan fingerprint density at radius 3 is 2.70 bits per heavy atom. The van der Waals surface area contributed by atoms with Gasteiger partial charge in [0.2, 0.25) is 0 Å². The predicted octanol–water partition coefficient (Wildman–Crippen LogP) is 1.73. The standard InChI is InChI=1S/C19H20N2O5S/c1-2-20-18(22)13-26-19(23)15-7-5-8-16(12-15)27(24,25)21-11-10-14-6-3-4-9-17(14)21/h3-9,12H,2,10-11,13H2,1H3,(H,20,22). The topological polar surface area (TPSA) is 92.8 Å². The van der Waals surface area contributed by atoms with Crippen LogP contribution in [0.5, 0.6) is 0 Å². The van der Waals surface area contributed by atoms with Crippen molar-refractivity contribution in [2.24, 2.45) is 0 Å². The fraction of sp³-hybridized carbons (Fsp3) is 0.263. The summed E-state index contributed by atoms with van der Waals surface area (Å²) in [5.41, 5.74) is 1.70. The van der Waals surface area contributed by atoms with Gasteiger partial charge in [-0.3, -0.25) is 9.10 Å². The number of ether oxygens (including phenoxy) is 1. The van der Waals surface area contributed by atoms with E-state index in [0.717, 1.165) is 5.56 Å². The molecule has 27 heavy (non-hydrogen) atoms. The van der Waals surface area contributed by atoms with Gasteiger partial charge >= 0.3 is 5.97 Å². The highest BCUT2D eigenvalue weighted by molar-refractivity contribution is 7.92. The Bertz CT molecular complexity index is 972. The van der Waals surface area contributed by atoms with Crippen molar-refractivity contribution < 1.29 is 22.7 Å². The fourth-order valence-corrected chi connectivity index (χ4v) is 4.48. The number of likely N-dealkylation sites (N-methyl/N-ethyl adjacent to an activating group) is 1. The third kappa shape index (κ3) is 3.95. The molecule has 0 spiro atoms. The molecule has 7 nitrogen and oxygen atoms in total. The molecule has 0 unspecified atom stereocenters. The van der Waals surface area contributed by atoms with Crippen molar-refractivity contribution in [1.82, 2.24) is 5.32 Å². The molecule has 2 aromatic carbocycles. The Hall–Kier alpha value is -2.87. The number of fused-ring (bicyclic) bond motifs is 1. The molecule has 0 aromatic heterocycles. The second kappa shape index (κ2) is 7.79. The van der Waals surface area contributed by atoms with E-state index in [1.165, 1.54) is 28.6 Å². The van der Waals surface area contributed by atoms with Crippen LogP contribution < -0.4 is 9.62 Å². The molecule has 0 aliphatic carbocycles. The second-order valence-electron chi connectivity index (χ2n) is 6.01. The zero-order chi connectivity index (χ0) is 19.4. The number of carbonyl (C=O) groups is 2. The average Bonchev–Trinajstić information content (AvgIpc) is 3.11. The highest BCUT2D eigenvalue weighted by atomic mass is 32.2. The Kier molecular flexibility index (Phi) is 5.46. The number of esters is 1. The summed E-state index contributed by atoms with van der Waals surface area (Å²) in [5, 5.41) is 2.52. The Morgan fingerprint density at radius 1 is 1.15 bits per heavy atom. The number of nitrogens with one attached hydrogen (secondary N) is 1. The van der Waals surface area contributed by atoms with Crippen LogP contribution in [0.2, 0.25) is 0 Å². The van der Waals surface area contributed by atoms with Crippen LogP contribution in [0.1, 0.15) is 22.8 Å². The summed E-state index contributed by atoms with van der Waals surface area (Å²) in [6.07, 6.45) is 0.643. The highest BCUT2D eigenvalue weighted by Crippen LogP contribution is 2.32. The van der Waals surface area contributed by atoms with E-state index in [4.69, 9.17) is 4.74 Å². The number of anilines is 1. The first-order valence-corrected chi connectivity index (χ1v) is 10.0. The maximum absolute atomic E-state index is 13.0. The number of sulfonamides is 1. The van der Waals surface area contributed by atoms with E-state index >= 15 is 0 Å². The molecule has 8 heteroatoms. The smallest absolute Gasteiger partial charge is 0.338 e. The van der Waals surface area contributed by atoms with Crippen molar-refractivity contribution in [2.45, 2.75) is 18.2 Å². The van der Waals surface area contributed by atoms with Gasteiger partial charge in [-0.15, -0.1) is 0 Å². The molecule has 1 N–H and O–H groups in total. The van der Waals surface area contributed by atoms with E-state index < -0.39 is 28.5 Å². The van der Waals surface area contributed by atoms with Gasteiger partial charge < -0.3 is 10.1 Å². The van der Waals surface area contributed by atoms with Gasteiger partial charge in [0.15, 0.2) is 6.61 Å². The van der Waals surface area contributed by atoms with Gasteiger partial charge in [-0.25, -0.2) is 13.2 Å². The Labute approximate surface area is 158 Å². The molecular formula is C19H20N2O5S. The third-order valence-corrected chi connectivity index (χ3v) is 6.02. The maximum atomic E-state index is 13.0. The molecule has 2 aromatic rings. The SMILES string of the molecule is CCNC(=O)COC(=O)c1cccc(S(=O)(=O)N2CCc3ccccc32)c1. The number of para-hydroxylation sites is 1. The molecular weight excluding hydrogens is 368 g/mol. The van der Waals surface area contributed by atoms with Crippen molar-refractivity contribution in [3.63, 3.8) is 0 Å². The molecule has 1 aliphatic heterocycles. The molecule has 1 amide bonds. The van der Waals surface area contributed by atoms with Gasteiger partial charge in [0.1, 0.15) is 0 Å². The quantitative estimate of drug-likeness (QED) is 0.761. The van der Waals surface area contributed by atoms with Gasteiger partial charge in [-0.2, -0.15) is 0 Å². The van der Waals surface area contributed by atoms with E-state index in [9.17, 15) is 18.0 Å². The third-order valence-electron chi connectivity index (χ3n) is 4.21. The van der Waals surface area contributed by atoms with E-state index in [-0.39, 0.29) is 10.5 Å². The number of hydrogen-bond acceptors (Lipinski definition) is 5. The molecule has 0 saturated carbocycles. The summed E-state index contributed by atoms with van der Waals surface area (Å²) < 4.78 is 32.3. The molecule has 142 valence electrons. The zero-order valence-corrected chi connectivity index (χ0v) is 15.7. The number of amides is 1. The van der Waals surface area contributed by atoms with Crippen LogP contribution in [0.4, 0.5) is 5.69 Å². The van der Waals surface area contributed by atoms with E-state index in [0.29, 0.717) is 25.2 Å². The lowest BCUT2D eigenvalue weighted by molar-refractivity contribution is -0.124. The largest absolute Gasteiger partial charge is 0.452 e. The predicted molar refractivity (Wildman–Crippen MR) is 100 cm³/mol. The molecule has 0 saturated heterocycles. The monoisotopic (exact) mass is 388 g/mol. The number of nitrogens with zero attached hydrogens (tertiary/aromatic N) is 1. The fourth-order valence-electron chi connectivity index (χ4n) is 2.93. The van der Waals surface area contributed by atoms with Gasteiger partial charge in [0.25, 0.3) is 15.9 Å². The van der Waals surface area contributed by atoms with Gasteiger partial charge in [0.05, 0.1) is 16.1 Å². The molecule has 3 rings (SSSR count). The summed E-state index contributed by atoms with van der Waals surface area (Å²) in [6.45, 7) is 2.13. The number of carbonyl (C=O) groups excluding carboxylic acids is 2. The van der Waals surface area contributed by atoms with Crippen LogP contribution in [-0.2, 0) is 26.0 Å². The average molecular weight is 388 g/mol. The van der Waals surface area contributed by atoms with Crippen LogP contribution in [0.3, 0.4) is 0 Å². The normalized spacial score (nSPS) is 13.1. The summed E-state index contributed by atoms with van der Waals surface area (Å²) in [6, 6.07) is 13.0. The minimum Gasteiger partial charge on any atom is -0.452 e. The molecule has 0 radical (unpaired) electrons. The summed E-state index contributed by atoms with van der Waals surface area (Å²) in [5.74, 6) is -1.16. The summed E-state index contributed by atoms with van der Waals surface area (Å²) in [4.78, 5) is 23.6. The number of hydrogen-bond donors (Lipinski definition) is 1. The van der Waals surface area contributed by atoms with Gasteiger partial charge in [-0.1, -0.05) is 24.3 Å². The number of benzene rings is 2. The number of rotatable bonds is 6. The van der Waals surface area contributed by atoms with Gasteiger partial charge in [0, 0.05) is 13.1 Å².